The number of aromatic nitrogens is 2. The molecule has 1 heterocycles. The predicted octanol–water partition coefficient (Wildman–Crippen LogP) is 2.66. The molecular weight excluding hydrogens is 228 g/mol. The van der Waals surface area contributed by atoms with Gasteiger partial charge in [-0.1, -0.05) is 0 Å². The first kappa shape index (κ1) is 13.1. The van der Waals surface area contributed by atoms with Crippen LogP contribution in [0.15, 0.2) is 6.20 Å². The molecule has 0 aromatic carbocycles. The molecule has 0 saturated heterocycles. The Morgan fingerprint density at radius 2 is 2.06 bits per heavy atom. The van der Waals surface area contributed by atoms with Gasteiger partial charge in [0.2, 0.25) is 0 Å². The average molecular weight is 248 g/mol. The minimum Gasteiger partial charge on any atom is -0.368 e. The lowest BCUT2D eigenvalue weighted by Crippen LogP contribution is -2.25. The molecule has 2 rings (SSSR count). The van der Waals surface area contributed by atoms with Crippen LogP contribution in [0.1, 0.15) is 61.9 Å². The first-order valence-electron chi connectivity index (χ1n) is 6.58. The summed E-state index contributed by atoms with van der Waals surface area (Å²) in [7, 11) is 0. The maximum atomic E-state index is 11.9. The van der Waals surface area contributed by atoms with Crippen LogP contribution < -0.4 is 0 Å². The second kappa shape index (κ2) is 5.14. The molecule has 0 radical (unpaired) electrons. The molecule has 4 nitrogen and oxygen atoms in total. The van der Waals surface area contributed by atoms with Crippen molar-refractivity contribution in [3.8, 4) is 0 Å². The number of hydrogen-bond donors (Lipinski definition) is 0. The van der Waals surface area contributed by atoms with E-state index in [1.807, 2.05) is 20.8 Å². The van der Waals surface area contributed by atoms with Gasteiger partial charge in [0.15, 0.2) is 11.6 Å². The molecule has 4 heteroatoms. The summed E-state index contributed by atoms with van der Waals surface area (Å²) in [5.74, 6) is 0.834. The van der Waals surface area contributed by atoms with Crippen molar-refractivity contribution in [3.05, 3.63) is 23.3 Å². The Bertz CT molecular complexity index is 455. The average Bonchev–Trinajstić information content (AvgIpc) is 2.51. The van der Waals surface area contributed by atoms with Crippen molar-refractivity contribution in [2.45, 2.75) is 52.1 Å². The second-order valence-corrected chi connectivity index (χ2v) is 5.13. The van der Waals surface area contributed by atoms with Crippen LogP contribution in [0.5, 0.6) is 0 Å². The molecule has 1 aromatic rings. The SMILES string of the molecule is CCOC(C)(C)c1ncc2c(n1)CCCCC2=O. The van der Waals surface area contributed by atoms with Gasteiger partial charge >= 0.3 is 0 Å². The second-order valence-electron chi connectivity index (χ2n) is 5.13. The van der Waals surface area contributed by atoms with E-state index >= 15 is 0 Å². The zero-order chi connectivity index (χ0) is 13.2. The number of aryl methyl sites for hydroxylation is 1. The Kier molecular flexibility index (Phi) is 3.76. The molecule has 98 valence electrons. The van der Waals surface area contributed by atoms with E-state index in [2.05, 4.69) is 9.97 Å². The summed E-state index contributed by atoms with van der Waals surface area (Å²) >= 11 is 0. The summed E-state index contributed by atoms with van der Waals surface area (Å²) in [6.45, 7) is 6.48. The van der Waals surface area contributed by atoms with Gasteiger partial charge in [0.05, 0.1) is 11.3 Å². The minimum absolute atomic E-state index is 0.170. The van der Waals surface area contributed by atoms with Crippen LogP contribution in [0.2, 0.25) is 0 Å². The van der Waals surface area contributed by atoms with Crippen LogP contribution in [0.25, 0.3) is 0 Å². The summed E-state index contributed by atoms with van der Waals surface area (Å²) in [6.07, 6.45) is 5.11. The van der Waals surface area contributed by atoms with Crippen molar-refractivity contribution in [3.63, 3.8) is 0 Å². The molecule has 0 aliphatic heterocycles. The lowest BCUT2D eigenvalue weighted by atomic mass is 10.1. The van der Waals surface area contributed by atoms with Gasteiger partial charge in [-0.05, 0) is 40.0 Å². The highest BCUT2D eigenvalue weighted by molar-refractivity contribution is 5.97. The third-order valence-electron chi connectivity index (χ3n) is 3.28. The zero-order valence-electron chi connectivity index (χ0n) is 11.3. The number of fused-ring (bicyclic) bond motifs is 1. The van der Waals surface area contributed by atoms with E-state index < -0.39 is 5.60 Å². The number of hydrogen-bond acceptors (Lipinski definition) is 4. The van der Waals surface area contributed by atoms with Crippen molar-refractivity contribution >= 4 is 5.78 Å². The molecule has 0 saturated carbocycles. The van der Waals surface area contributed by atoms with Crippen molar-refractivity contribution in [1.82, 2.24) is 9.97 Å². The number of carbonyl (C=O) groups is 1. The molecule has 0 unspecified atom stereocenters. The van der Waals surface area contributed by atoms with Gasteiger partial charge in [-0.15, -0.1) is 0 Å². The summed E-state index contributed by atoms with van der Waals surface area (Å²) < 4.78 is 5.65. The monoisotopic (exact) mass is 248 g/mol. The van der Waals surface area contributed by atoms with E-state index in [1.54, 1.807) is 6.20 Å². The number of ketones is 1. The Labute approximate surface area is 108 Å². The van der Waals surface area contributed by atoms with Gasteiger partial charge in [-0.2, -0.15) is 0 Å². The van der Waals surface area contributed by atoms with E-state index in [1.165, 1.54) is 0 Å². The summed E-state index contributed by atoms with van der Waals surface area (Å²) in [4.78, 5) is 20.8. The van der Waals surface area contributed by atoms with Crippen molar-refractivity contribution < 1.29 is 9.53 Å². The molecule has 0 N–H and O–H groups in total. The fourth-order valence-electron chi connectivity index (χ4n) is 2.27. The van der Waals surface area contributed by atoms with Crippen LogP contribution in [0.4, 0.5) is 0 Å². The van der Waals surface area contributed by atoms with Crippen LogP contribution in [0.3, 0.4) is 0 Å². The molecule has 0 atom stereocenters. The smallest absolute Gasteiger partial charge is 0.166 e. The summed E-state index contributed by atoms with van der Waals surface area (Å²) in [6, 6.07) is 0. The third-order valence-corrected chi connectivity index (χ3v) is 3.28. The molecule has 1 aliphatic rings. The van der Waals surface area contributed by atoms with E-state index in [0.717, 1.165) is 25.0 Å². The fourth-order valence-corrected chi connectivity index (χ4v) is 2.27. The van der Waals surface area contributed by atoms with Crippen molar-refractivity contribution in [2.24, 2.45) is 0 Å². The predicted molar refractivity (Wildman–Crippen MR) is 68.6 cm³/mol. The lowest BCUT2D eigenvalue weighted by molar-refractivity contribution is -0.0210. The first-order chi connectivity index (χ1) is 8.54. The third kappa shape index (κ3) is 2.58. The van der Waals surface area contributed by atoms with Gasteiger partial charge in [0.1, 0.15) is 5.60 Å². The van der Waals surface area contributed by atoms with Crippen molar-refractivity contribution in [1.29, 1.82) is 0 Å². The van der Waals surface area contributed by atoms with E-state index in [0.29, 0.717) is 24.4 Å². The highest BCUT2D eigenvalue weighted by atomic mass is 16.5. The van der Waals surface area contributed by atoms with Crippen LogP contribution in [0, 0.1) is 0 Å². The quantitative estimate of drug-likeness (QED) is 0.772. The molecule has 0 spiro atoms. The van der Waals surface area contributed by atoms with Gasteiger partial charge < -0.3 is 4.74 Å². The van der Waals surface area contributed by atoms with E-state index in [4.69, 9.17) is 4.74 Å². The largest absolute Gasteiger partial charge is 0.368 e. The maximum absolute atomic E-state index is 11.9. The Hall–Kier alpha value is -1.29. The summed E-state index contributed by atoms with van der Waals surface area (Å²) in [5.41, 5.74) is 1.08. The molecule has 1 aliphatic carbocycles. The topological polar surface area (TPSA) is 52.1 Å². The lowest BCUT2D eigenvalue weighted by Gasteiger charge is -2.23. The molecule has 18 heavy (non-hydrogen) atoms. The van der Waals surface area contributed by atoms with Gasteiger partial charge in [0.25, 0.3) is 0 Å². The highest BCUT2D eigenvalue weighted by Gasteiger charge is 2.26. The number of carbonyl (C=O) groups excluding carboxylic acids is 1. The summed E-state index contributed by atoms with van der Waals surface area (Å²) in [5, 5.41) is 0. The number of rotatable bonds is 3. The van der Waals surface area contributed by atoms with E-state index in [-0.39, 0.29) is 5.78 Å². The molecule has 0 amide bonds. The minimum atomic E-state index is -0.501. The Balaban J connectivity index is 2.37. The Morgan fingerprint density at radius 1 is 1.33 bits per heavy atom. The van der Waals surface area contributed by atoms with E-state index in [9.17, 15) is 4.79 Å². The Morgan fingerprint density at radius 3 is 2.78 bits per heavy atom. The van der Waals surface area contributed by atoms with Crippen LogP contribution in [-0.4, -0.2) is 22.4 Å². The van der Waals surface area contributed by atoms with Crippen LogP contribution in [-0.2, 0) is 16.8 Å². The standard InChI is InChI=1S/C14H20N2O2/c1-4-18-14(2,3)13-15-9-10-11(16-13)7-5-6-8-12(10)17/h9H,4-8H2,1-3H3. The molecule has 0 fully saturated rings. The molecule has 0 bridgehead atoms. The van der Waals surface area contributed by atoms with Crippen LogP contribution >= 0.6 is 0 Å². The molecular formula is C14H20N2O2. The fraction of sp³-hybridized carbons (Fsp3) is 0.643. The highest BCUT2D eigenvalue weighted by Crippen LogP contribution is 2.24. The first-order valence-corrected chi connectivity index (χ1v) is 6.58. The normalized spacial score (nSPS) is 16.3. The van der Waals surface area contributed by atoms with Crippen molar-refractivity contribution in [2.75, 3.05) is 6.61 Å². The maximum Gasteiger partial charge on any atom is 0.166 e. The van der Waals surface area contributed by atoms with Gasteiger partial charge in [-0.3, -0.25) is 4.79 Å². The zero-order valence-corrected chi connectivity index (χ0v) is 11.3. The van der Waals surface area contributed by atoms with Gasteiger partial charge in [0, 0.05) is 19.2 Å². The number of nitrogens with zero attached hydrogens (tertiary/aromatic N) is 2. The number of Topliss-reactive ketones (excluding diaryl/α,β-unsaturated/α-hetero) is 1. The number of ether oxygens (including phenoxy) is 1. The molecule has 1 aromatic heterocycles. The van der Waals surface area contributed by atoms with Gasteiger partial charge in [-0.25, -0.2) is 9.97 Å².